The summed E-state index contributed by atoms with van der Waals surface area (Å²) in [6.07, 6.45) is 0. The molecule has 0 atom stereocenters. The van der Waals surface area contributed by atoms with Gasteiger partial charge in [-0.1, -0.05) is 17.7 Å². The van der Waals surface area contributed by atoms with E-state index in [1.165, 1.54) is 0 Å². The molecule has 6 heteroatoms. The highest BCUT2D eigenvalue weighted by Gasteiger charge is 2.16. The standard InChI is InChI=1S/C17H13ClN2O3/c1-9-7-10(2)14-13(8-9)23-17(22)15(16(14)21)20-19-12-5-3-11(18)4-6-12/h3-8,21H,1-2H3. The Labute approximate surface area is 136 Å². The van der Waals surface area contributed by atoms with Gasteiger partial charge in [-0.15, -0.1) is 5.11 Å². The van der Waals surface area contributed by atoms with Crippen molar-refractivity contribution >= 4 is 33.9 Å². The second kappa shape index (κ2) is 5.85. The van der Waals surface area contributed by atoms with Gasteiger partial charge in [0.1, 0.15) is 5.58 Å². The van der Waals surface area contributed by atoms with Crippen LogP contribution in [0.4, 0.5) is 11.4 Å². The molecule has 5 nitrogen and oxygen atoms in total. The molecule has 1 N–H and O–H groups in total. The van der Waals surface area contributed by atoms with Crippen LogP contribution in [0.3, 0.4) is 0 Å². The van der Waals surface area contributed by atoms with Crippen molar-refractivity contribution in [3.63, 3.8) is 0 Å². The van der Waals surface area contributed by atoms with E-state index in [1.54, 1.807) is 30.3 Å². The number of halogens is 1. The molecular formula is C17H13ClN2O3. The Morgan fingerprint density at radius 2 is 1.78 bits per heavy atom. The van der Waals surface area contributed by atoms with E-state index in [1.807, 2.05) is 19.9 Å². The lowest BCUT2D eigenvalue weighted by atomic mass is 10.1. The highest BCUT2D eigenvalue weighted by atomic mass is 35.5. The van der Waals surface area contributed by atoms with E-state index in [4.69, 9.17) is 16.0 Å². The number of benzene rings is 2. The monoisotopic (exact) mass is 328 g/mol. The van der Waals surface area contributed by atoms with Gasteiger partial charge in [0, 0.05) is 5.02 Å². The zero-order valence-corrected chi connectivity index (χ0v) is 13.3. The molecule has 0 spiro atoms. The van der Waals surface area contributed by atoms with Crippen LogP contribution in [0, 0.1) is 13.8 Å². The lowest BCUT2D eigenvalue weighted by Crippen LogP contribution is -1.99. The van der Waals surface area contributed by atoms with E-state index in [0.29, 0.717) is 21.7 Å². The summed E-state index contributed by atoms with van der Waals surface area (Å²) in [6.45, 7) is 3.72. The second-order valence-electron chi connectivity index (χ2n) is 5.22. The first-order chi connectivity index (χ1) is 11.0. The van der Waals surface area contributed by atoms with E-state index in [2.05, 4.69) is 10.2 Å². The molecule has 0 radical (unpaired) electrons. The van der Waals surface area contributed by atoms with Crippen molar-refractivity contribution in [3.05, 3.63) is 63.0 Å². The van der Waals surface area contributed by atoms with Gasteiger partial charge in [-0.3, -0.25) is 0 Å². The average Bonchev–Trinajstić information content (AvgIpc) is 2.47. The Kier molecular flexibility index (Phi) is 3.88. The van der Waals surface area contributed by atoms with Crippen molar-refractivity contribution in [1.29, 1.82) is 0 Å². The summed E-state index contributed by atoms with van der Waals surface area (Å²) in [4.78, 5) is 12.1. The van der Waals surface area contributed by atoms with Crippen LogP contribution >= 0.6 is 11.6 Å². The molecule has 0 aliphatic rings. The SMILES string of the molecule is Cc1cc(C)c2c(O)c(N=Nc3ccc(Cl)cc3)c(=O)oc2c1. The zero-order valence-electron chi connectivity index (χ0n) is 12.5. The van der Waals surface area contributed by atoms with Gasteiger partial charge >= 0.3 is 5.63 Å². The molecule has 0 unspecified atom stereocenters. The Bertz CT molecular complexity index is 976. The van der Waals surface area contributed by atoms with Gasteiger partial charge in [-0.05, 0) is 55.3 Å². The number of fused-ring (bicyclic) bond motifs is 1. The molecule has 0 fully saturated rings. The maximum atomic E-state index is 12.1. The number of hydrogen-bond donors (Lipinski definition) is 1. The van der Waals surface area contributed by atoms with E-state index < -0.39 is 5.63 Å². The number of hydrogen-bond acceptors (Lipinski definition) is 5. The van der Waals surface area contributed by atoms with Crippen molar-refractivity contribution in [3.8, 4) is 5.75 Å². The maximum absolute atomic E-state index is 12.1. The third-order valence-corrected chi connectivity index (χ3v) is 3.64. The number of nitrogens with zero attached hydrogens (tertiary/aromatic N) is 2. The van der Waals surface area contributed by atoms with Gasteiger partial charge in [0.2, 0.25) is 5.69 Å². The molecule has 3 aromatic rings. The highest BCUT2D eigenvalue weighted by Crippen LogP contribution is 2.35. The molecule has 116 valence electrons. The largest absolute Gasteiger partial charge is 0.505 e. The average molecular weight is 329 g/mol. The van der Waals surface area contributed by atoms with Gasteiger partial charge < -0.3 is 9.52 Å². The van der Waals surface area contributed by atoms with Gasteiger partial charge in [0.05, 0.1) is 11.1 Å². The van der Waals surface area contributed by atoms with Crippen LogP contribution in [0.2, 0.25) is 5.02 Å². The molecule has 0 amide bonds. The molecule has 0 aliphatic heterocycles. The fourth-order valence-corrected chi connectivity index (χ4v) is 2.51. The predicted octanol–water partition coefficient (Wildman–Crippen LogP) is 5.18. The van der Waals surface area contributed by atoms with Crippen molar-refractivity contribution in [2.45, 2.75) is 13.8 Å². The van der Waals surface area contributed by atoms with Gasteiger partial charge in [-0.25, -0.2) is 4.79 Å². The van der Waals surface area contributed by atoms with Crippen LogP contribution in [0.25, 0.3) is 11.0 Å². The second-order valence-corrected chi connectivity index (χ2v) is 5.65. The number of rotatable bonds is 2. The normalized spacial score (nSPS) is 11.4. The summed E-state index contributed by atoms with van der Waals surface area (Å²) in [7, 11) is 0. The lowest BCUT2D eigenvalue weighted by molar-refractivity contribution is 0.469. The van der Waals surface area contributed by atoms with Gasteiger partial charge in [-0.2, -0.15) is 5.11 Å². The topological polar surface area (TPSA) is 75.2 Å². The minimum Gasteiger partial charge on any atom is -0.505 e. The number of aryl methyl sites for hydroxylation is 2. The predicted molar refractivity (Wildman–Crippen MR) is 89.3 cm³/mol. The van der Waals surface area contributed by atoms with E-state index in [0.717, 1.165) is 11.1 Å². The molecule has 1 aromatic heterocycles. The molecule has 0 saturated carbocycles. The fourth-order valence-electron chi connectivity index (χ4n) is 2.38. The number of azo groups is 1. The smallest absolute Gasteiger partial charge is 0.368 e. The van der Waals surface area contributed by atoms with Crippen LogP contribution in [-0.2, 0) is 0 Å². The number of aromatic hydroxyl groups is 1. The van der Waals surface area contributed by atoms with Crippen molar-refractivity contribution < 1.29 is 9.52 Å². The Hall–Kier alpha value is -2.66. The Balaban J connectivity index is 2.14. The van der Waals surface area contributed by atoms with Crippen molar-refractivity contribution in [2.75, 3.05) is 0 Å². The van der Waals surface area contributed by atoms with E-state index in [-0.39, 0.29) is 11.4 Å². The highest BCUT2D eigenvalue weighted by molar-refractivity contribution is 6.30. The van der Waals surface area contributed by atoms with Crippen LogP contribution in [-0.4, -0.2) is 5.11 Å². The van der Waals surface area contributed by atoms with Crippen LogP contribution in [0.15, 0.2) is 55.8 Å². The van der Waals surface area contributed by atoms with Gasteiger partial charge in [0.25, 0.3) is 0 Å². The van der Waals surface area contributed by atoms with E-state index in [9.17, 15) is 9.90 Å². The van der Waals surface area contributed by atoms with Crippen molar-refractivity contribution in [1.82, 2.24) is 0 Å². The summed E-state index contributed by atoms with van der Waals surface area (Å²) in [6, 6.07) is 10.2. The zero-order chi connectivity index (χ0) is 16.6. The maximum Gasteiger partial charge on any atom is 0.368 e. The molecule has 0 aliphatic carbocycles. The summed E-state index contributed by atoms with van der Waals surface area (Å²) in [5, 5.41) is 19.2. The molecule has 2 aromatic carbocycles. The molecule has 23 heavy (non-hydrogen) atoms. The molecule has 1 heterocycles. The molecular weight excluding hydrogens is 316 g/mol. The van der Waals surface area contributed by atoms with Crippen LogP contribution in [0.5, 0.6) is 5.75 Å². The minimum atomic E-state index is -0.738. The quantitative estimate of drug-likeness (QED) is 0.520. The Morgan fingerprint density at radius 1 is 1.09 bits per heavy atom. The summed E-state index contributed by atoms with van der Waals surface area (Å²) >= 11 is 5.80. The minimum absolute atomic E-state index is 0.223. The molecule has 3 rings (SSSR count). The molecule has 0 saturated heterocycles. The third-order valence-electron chi connectivity index (χ3n) is 3.39. The van der Waals surface area contributed by atoms with Crippen LogP contribution in [0.1, 0.15) is 11.1 Å². The first kappa shape index (κ1) is 15.2. The lowest BCUT2D eigenvalue weighted by Gasteiger charge is -2.06. The van der Waals surface area contributed by atoms with Crippen LogP contribution < -0.4 is 5.63 Å². The van der Waals surface area contributed by atoms with E-state index >= 15 is 0 Å². The first-order valence-corrected chi connectivity index (χ1v) is 7.28. The van der Waals surface area contributed by atoms with Crippen molar-refractivity contribution in [2.24, 2.45) is 10.2 Å². The fraction of sp³-hybridized carbons (Fsp3) is 0.118. The first-order valence-electron chi connectivity index (χ1n) is 6.90. The summed E-state index contributed by atoms with van der Waals surface area (Å²) in [5.41, 5.74) is 1.61. The molecule has 0 bridgehead atoms. The summed E-state index contributed by atoms with van der Waals surface area (Å²) in [5.74, 6) is -0.230. The third kappa shape index (κ3) is 2.96. The Morgan fingerprint density at radius 3 is 2.48 bits per heavy atom. The van der Waals surface area contributed by atoms with Gasteiger partial charge in [0.15, 0.2) is 5.75 Å². The summed E-state index contributed by atoms with van der Waals surface area (Å²) < 4.78 is 5.25.